The van der Waals surface area contributed by atoms with Crippen LogP contribution in [0.25, 0.3) is 0 Å². The van der Waals surface area contributed by atoms with Crippen molar-refractivity contribution < 1.29 is 14.3 Å². The quantitative estimate of drug-likeness (QED) is 0.729. The number of nitrogens with one attached hydrogen (secondary N) is 1. The van der Waals surface area contributed by atoms with E-state index in [1.807, 2.05) is 43.3 Å². The zero-order chi connectivity index (χ0) is 16.5. The number of hydrogen-bond donors (Lipinski definition) is 1. The summed E-state index contributed by atoms with van der Waals surface area (Å²) in [6.07, 6.45) is 2.14. The lowest BCUT2D eigenvalue weighted by atomic mass is 10.2. The van der Waals surface area contributed by atoms with Gasteiger partial charge in [-0.1, -0.05) is 19.4 Å². The van der Waals surface area contributed by atoms with Crippen LogP contribution in [0.3, 0.4) is 0 Å². The lowest BCUT2D eigenvalue weighted by molar-refractivity contribution is 0.102. The molecule has 122 valence electrons. The largest absolute Gasteiger partial charge is 0.494 e. The molecule has 0 bridgehead atoms. The van der Waals surface area contributed by atoms with Gasteiger partial charge in [-0.2, -0.15) is 0 Å². The minimum absolute atomic E-state index is 0.161. The second kappa shape index (κ2) is 8.83. The van der Waals surface area contributed by atoms with Gasteiger partial charge in [0.05, 0.1) is 13.2 Å². The molecular weight excluding hydrogens is 290 g/mol. The van der Waals surface area contributed by atoms with Gasteiger partial charge in [0.15, 0.2) is 0 Å². The van der Waals surface area contributed by atoms with E-state index in [9.17, 15) is 4.79 Å². The summed E-state index contributed by atoms with van der Waals surface area (Å²) in [4.78, 5) is 12.3. The van der Waals surface area contributed by atoms with Crippen molar-refractivity contribution >= 4 is 11.6 Å². The van der Waals surface area contributed by atoms with E-state index in [1.54, 1.807) is 12.1 Å². The molecular formula is C19H23NO3. The highest BCUT2D eigenvalue weighted by atomic mass is 16.5. The summed E-state index contributed by atoms with van der Waals surface area (Å²) >= 11 is 0. The minimum Gasteiger partial charge on any atom is -0.494 e. The number of anilines is 1. The molecule has 2 aromatic rings. The standard InChI is InChI=1S/C19H23NO3/c1-3-5-13-23-17-11-9-16(10-12-17)20-19(21)15-7-6-8-18(14-15)22-4-2/h6-12,14H,3-5,13H2,1-2H3,(H,20,21). The first-order chi connectivity index (χ1) is 11.2. The average Bonchev–Trinajstić information content (AvgIpc) is 2.57. The molecule has 0 aliphatic rings. The molecule has 4 heteroatoms. The van der Waals surface area contributed by atoms with Gasteiger partial charge in [0.1, 0.15) is 11.5 Å². The summed E-state index contributed by atoms with van der Waals surface area (Å²) in [5, 5.41) is 2.87. The van der Waals surface area contributed by atoms with Crippen molar-refractivity contribution in [3.8, 4) is 11.5 Å². The molecule has 0 heterocycles. The van der Waals surface area contributed by atoms with Gasteiger partial charge in [0.2, 0.25) is 0 Å². The van der Waals surface area contributed by atoms with Crippen LogP contribution < -0.4 is 14.8 Å². The Hall–Kier alpha value is -2.49. The lowest BCUT2D eigenvalue weighted by Crippen LogP contribution is -2.12. The molecule has 2 aromatic carbocycles. The molecule has 0 spiro atoms. The van der Waals surface area contributed by atoms with Crippen molar-refractivity contribution in [1.82, 2.24) is 0 Å². The van der Waals surface area contributed by atoms with E-state index in [1.165, 1.54) is 0 Å². The summed E-state index contributed by atoms with van der Waals surface area (Å²) in [6.45, 7) is 5.33. The number of carbonyl (C=O) groups excluding carboxylic acids is 1. The van der Waals surface area contributed by atoms with Crippen LogP contribution in [0.4, 0.5) is 5.69 Å². The summed E-state index contributed by atoms with van der Waals surface area (Å²) in [7, 11) is 0. The van der Waals surface area contributed by atoms with Crippen LogP contribution in [0.15, 0.2) is 48.5 Å². The molecule has 0 saturated carbocycles. The molecule has 0 atom stereocenters. The molecule has 1 N–H and O–H groups in total. The molecule has 0 radical (unpaired) electrons. The highest BCUT2D eigenvalue weighted by Crippen LogP contribution is 2.18. The molecule has 0 saturated heterocycles. The zero-order valence-corrected chi connectivity index (χ0v) is 13.7. The Morgan fingerprint density at radius 2 is 1.78 bits per heavy atom. The number of unbranched alkanes of at least 4 members (excludes halogenated alkanes) is 1. The summed E-state index contributed by atoms with van der Waals surface area (Å²) in [6, 6.07) is 14.6. The van der Waals surface area contributed by atoms with E-state index < -0.39 is 0 Å². The molecule has 2 rings (SSSR count). The van der Waals surface area contributed by atoms with Gasteiger partial charge >= 0.3 is 0 Å². The molecule has 0 unspecified atom stereocenters. The van der Waals surface area contributed by atoms with Gasteiger partial charge in [-0.15, -0.1) is 0 Å². The van der Waals surface area contributed by atoms with Crippen molar-refractivity contribution in [3.05, 3.63) is 54.1 Å². The normalized spacial score (nSPS) is 10.2. The van der Waals surface area contributed by atoms with E-state index >= 15 is 0 Å². The lowest BCUT2D eigenvalue weighted by Gasteiger charge is -2.09. The molecule has 0 aromatic heterocycles. The smallest absolute Gasteiger partial charge is 0.255 e. The third-order valence-corrected chi connectivity index (χ3v) is 3.29. The highest BCUT2D eigenvalue weighted by molar-refractivity contribution is 6.04. The SMILES string of the molecule is CCCCOc1ccc(NC(=O)c2cccc(OCC)c2)cc1. The first-order valence-electron chi connectivity index (χ1n) is 8.00. The Morgan fingerprint density at radius 3 is 2.48 bits per heavy atom. The maximum Gasteiger partial charge on any atom is 0.255 e. The van der Waals surface area contributed by atoms with Crippen molar-refractivity contribution in [2.45, 2.75) is 26.7 Å². The van der Waals surface area contributed by atoms with Gasteiger partial charge < -0.3 is 14.8 Å². The summed E-state index contributed by atoms with van der Waals surface area (Å²) in [5.74, 6) is 1.35. The van der Waals surface area contributed by atoms with Gasteiger partial charge in [0.25, 0.3) is 5.91 Å². The fourth-order valence-corrected chi connectivity index (χ4v) is 2.07. The minimum atomic E-state index is -0.161. The highest BCUT2D eigenvalue weighted by Gasteiger charge is 2.07. The molecule has 1 amide bonds. The van der Waals surface area contributed by atoms with Gasteiger partial charge in [-0.3, -0.25) is 4.79 Å². The van der Waals surface area contributed by atoms with E-state index in [4.69, 9.17) is 9.47 Å². The zero-order valence-electron chi connectivity index (χ0n) is 13.7. The number of amides is 1. The van der Waals surface area contributed by atoms with Crippen LogP contribution in [0, 0.1) is 0 Å². The maximum atomic E-state index is 12.3. The fourth-order valence-electron chi connectivity index (χ4n) is 2.07. The van der Waals surface area contributed by atoms with Crippen LogP contribution in [0.5, 0.6) is 11.5 Å². The molecule has 0 aliphatic carbocycles. The average molecular weight is 313 g/mol. The molecule has 4 nitrogen and oxygen atoms in total. The Balaban J connectivity index is 1.95. The Labute approximate surface area is 137 Å². The van der Waals surface area contributed by atoms with Crippen molar-refractivity contribution in [1.29, 1.82) is 0 Å². The fraction of sp³-hybridized carbons (Fsp3) is 0.316. The topological polar surface area (TPSA) is 47.6 Å². The number of rotatable bonds is 8. The number of hydrogen-bond acceptors (Lipinski definition) is 3. The number of benzene rings is 2. The predicted molar refractivity (Wildman–Crippen MR) is 92.4 cm³/mol. The number of carbonyl (C=O) groups is 1. The first-order valence-corrected chi connectivity index (χ1v) is 8.00. The van der Waals surface area contributed by atoms with Crippen LogP contribution >= 0.6 is 0 Å². The molecule has 0 aliphatic heterocycles. The Bertz CT molecular complexity index is 623. The van der Waals surface area contributed by atoms with Crippen LogP contribution in [0.2, 0.25) is 0 Å². The van der Waals surface area contributed by atoms with Crippen molar-refractivity contribution in [3.63, 3.8) is 0 Å². The molecule has 23 heavy (non-hydrogen) atoms. The molecule has 0 fully saturated rings. The summed E-state index contributed by atoms with van der Waals surface area (Å²) in [5.41, 5.74) is 1.30. The van der Waals surface area contributed by atoms with Crippen LogP contribution in [-0.2, 0) is 0 Å². The monoisotopic (exact) mass is 313 g/mol. The van der Waals surface area contributed by atoms with E-state index in [0.717, 1.165) is 24.3 Å². The van der Waals surface area contributed by atoms with Gasteiger partial charge in [-0.05, 0) is 55.8 Å². The Kier molecular flexibility index (Phi) is 6.48. The van der Waals surface area contributed by atoms with Gasteiger partial charge in [0, 0.05) is 11.3 Å². The van der Waals surface area contributed by atoms with E-state index in [2.05, 4.69) is 12.2 Å². The third kappa shape index (κ3) is 5.33. The number of ether oxygens (including phenoxy) is 2. The van der Waals surface area contributed by atoms with Crippen LogP contribution in [-0.4, -0.2) is 19.1 Å². The second-order valence-electron chi connectivity index (χ2n) is 5.14. The van der Waals surface area contributed by atoms with Crippen LogP contribution in [0.1, 0.15) is 37.0 Å². The first kappa shape index (κ1) is 16.9. The van der Waals surface area contributed by atoms with E-state index in [-0.39, 0.29) is 5.91 Å². The maximum absolute atomic E-state index is 12.3. The van der Waals surface area contributed by atoms with Gasteiger partial charge in [-0.25, -0.2) is 0 Å². The second-order valence-corrected chi connectivity index (χ2v) is 5.14. The van der Waals surface area contributed by atoms with Crippen molar-refractivity contribution in [2.24, 2.45) is 0 Å². The summed E-state index contributed by atoms with van der Waals surface area (Å²) < 4.78 is 11.0. The third-order valence-electron chi connectivity index (χ3n) is 3.29. The van der Waals surface area contributed by atoms with Crippen molar-refractivity contribution in [2.75, 3.05) is 18.5 Å². The Morgan fingerprint density at radius 1 is 1.00 bits per heavy atom. The predicted octanol–water partition coefficient (Wildman–Crippen LogP) is 4.52. The van der Waals surface area contributed by atoms with E-state index in [0.29, 0.717) is 24.5 Å².